The molecule has 0 aromatic heterocycles. The van der Waals surface area contributed by atoms with Gasteiger partial charge in [-0.2, -0.15) is 0 Å². The van der Waals surface area contributed by atoms with Crippen molar-refractivity contribution in [3.63, 3.8) is 0 Å². The first kappa shape index (κ1) is 27.6. The molecule has 16 heavy (non-hydrogen) atoms. The Hall–Kier alpha value is 3.31. The second kappa shape index (κ2) is 12.1. The van der Waals surface area contributed by atoms with Crippen molar-refractivity contribution in [2.75, 3.05) is 0 Å². The van der Waals surface area contributed by atoms with Gasteiger partial charge in [-0.15, -0.1) is 0 Å². The van der Waals surface area contributed by atoms with Crippen molar-refractivity contribution in [1.29, 1.82) is 0 Å². The fourth-order valence-corrected chi connectivity index (χ4v) is 0. The van der Waals surface area contributed by atoms with Crippen molar-refractivity contribution < 1.29 is 146 Å². The molecular weight excluding hydrogens is 366 g/mol. The number of rotatable bonds is 2. The normalized spacial score (nSPS) is 14.2. The van der Waals surface area contributed by atoms with Crippen LogP contribution in [0.5, 0.6) is 0 Å². The maximum Gasteiger partial charge on any atom is 1.00 e. The van der Waals surface area contributed by atoms with Crippen LogP contribution in [-0.4, -0.2) is 43.5 Å². The van der Waals surface area contributed by atoms with E-state index < -0.39 is 38.5 Å². The fraction of sp³-hybridized carbons (Fsp3) is 0. The van der Waals surface area contributed by atoms with E-state index in [2.05, 4.69) is 0 Å². The Balaban J connectivity index is -0.0000000800. The third kappa shape index (κ3) is 19.6. The first-order valence-corrected chi connectivity index (χ1v) is 8.00. The van der Waals surface area contributed by atoms with E-state index in [1.165, 1.54) is 0 Å². The molecule has 10 nitrogen and oxygen atoms in total. The first-order chi connectivity index (χ1) is 5.89. The van der Waals surface area contributed by atoms with Gasteiger partial charge in [0.1, 0.15) is 0 Å². The summed E-state index contributed by atoms with van der Waals surface area (Å²) in [7, 11) is -17.2. The molecule has 0 aliphatic heterocycles. The topological polar surface area (TPSA) is 195 Å². The molecule has 0 heterocycles. The minimum absolute atomic E-state index is 0. The van der Waals surface area contributed by atoms with Crippen LogP contribution in [0.2, 0.25) is 0 Å². The molecule has 0 bridgehead atoms. The molecule has 0 radical (unpaired) electrons. The van der Waals surface area contributed by atoms with Crippen LogP contribution in [0.3, 0.4) is 0 Å². The van der Waals surface area contributed by atoms with Crippen LogP contribution in [0, 0.1) is 0 Å². The van der Waals surface area contributed by atoms with E-state index in [1.54, 1.807) is 0 Å². The zero-order valence-corrected chi connectivity index (χ0v) is 17.2. The van der Waals surface area contributed by atoms with E-state index in [9.17, 15) is 0 Å². The molecule has 0 saturated heterocycles. The quantitative estimate of drug-likeness (QED) is 0.196. The summed E-state index contributed by atoms with van der Waals surface area (Å²) in [5.74, 6) is 0. The van der Waals surface area contributed by atoms with Crippen molar-refractivity contribution in [3.05, 3.63) is 0 Å². The van der Waals surface area contributed by atoms with Crippen molar-refractivity contribution in [2.45, 2.75) is 0 Å². The van der Waals surface area contributed by atoms with Crippen LogP contribution in [0.4, 0.5) is 0 Å². The first-order valence-electron chi connectivity index (χ1n) is 2.00. The minimum Gasteiger partial charge on any atom is -0.761 e. The standard InChI is InChI=1S/2K.2H2O5S2/c;;2*1-6(2)7(3,4)5/h;;2*(H,1,2)(H,3,4,5)/q2*+1;;/p-4. The van der Waals surface area contributed by atoms with Gasteiger partial charge in [-0.25, -0.2) is 16.8 Å². The zero-order chi connectivity index (χ0) is 12.2. The van der Waals surface area contributed by atoms with E-state index in [0.29, 0.717) is 0 Å². The summed E-state index contributed by atoms with van der Waals surface area (Å²) in [5.41, 5.74) is 0. The molecule has 0 aliphatic rings. The fourth-order valence-electron chi connectivity index (χ4n) is 0. The van der Waals surface area contributed by atoms with Crippen LogP contribution in [-0.2, 0) is 38.5 Å². The van der Waals surface area contributed by atoms with Crippen molar-refractivity contribution in [2.24, 2.45) is 0 Å². The van der Waals surface area contributed by atoms with Crippen molar-refractivity contribution in [3.8, 4) is 0 Å². The van der Waals surface area contributed by atoms with Gasteiger partial charge >= 0.3 is 103 Å². The number of hydrogen-bond donors (Lipinski definition) is 0. The van der Waals surface area contributed by atoms with Gasteiger partial charge in [-0.05, 0) is 0 Å². The molecule has 0 N–H and O–H groups in total. The summed E-state index contributed by atoms with van der Waals surface area (Å²) in [5, 5.41) is 0. The summed E-state index contributed by atoms with van der Waals surface area (Å²) in [6.45, 7) is 0. The SMILES string of the molecule is O=S([O-])S(=O)(=O)[O-].O=S([O-])S(=O)(=O)[O-].[K+].[K+]. The van der Waals surface area contributed by atoms with E-state index in [0.717, 1.165) is 0 Å². The maximum absolute atomic E-state index is 9.16. The van der Waals surface area contributed by atoms with Gasteiger partial charge < -0.3 is 18.2 Å². The molecule has 0 aliphatic carbocycles. The third-order valence-electron chi connectivity index (χ3n) is 0.333. The molecular formula is K2O10S4-2. The van der Waals surface area contributed by atoms with Crippen LogP contribution in [0.1, 0.15) is 0 Å². The monoisotopic (exact) mass is 366 g/mol. The van der Waals surface area contributed by atoms with Gasteiger partial charge in [0.25, 0.3) is 0 Å². The summed E-state index contributed by atoms with van der Waals surface area (Å²) < 4.78 is 91.5. The Kier molecular flexibility index (Phi) is 20.9. The van der Waals surface area contributed by atoms with E-state index >= 15 is 0 Å². The molecule has 0 fully saturated rings. The summed E-state index contributed by atoms with van der Waals surface area (Å²) in [6, 6.07) is 0. The summed E-state index contributed by atoms with van der Waals surface area (Å²) in [6.07, 6.45) is 0. The predicted molar refractivity (Wildman–Crippen MR) is 37.2 cm³/mol. The summed E-state index contributed by atoms with van der Waals surface area (Å²) in [4.78, 5) is 0. The van der Waals surface area contributed by atoms with Crippen molar-refractivity contribution >= 4 is 38.5 Å². The predicted octanol–water partition coefficient (Wildman–Crippen LogP) is -9.34. The second-order valence-electron chi connectivity index (χ2n) is 1.22. The Morgan fingerprint density at radius 1 is 0.688 bits per heavy atom. The van der Waals surface area contributed by atoms with Crippen LogP contribution in [0.25, 0.3) is 0 Å². The van der Waals surface area contributed by atoms with Gasteiger partial charge in [-0.3, -0.25) is 8.42 Å². The molecule has 0 amide bonds. The molecule has 2 unspecified atom stereocenters. The van der Waals surface area contributed by atoms with Crippen molar-refractivity contribution in [1.82, 2.24) is 0 Å². The molecule has 0 aromatic rings. The zero-order valence-electron chi connectivity index (χ0n) is 7.72. The largest absolute Gasteiger partial charge is 1.00 e. The van der Waals surface area contributed by atoms with Gasteiger partial charge in [0, 0.05) is 0 Å². The van der Waals surface area contributed by atoms with Gasteiger partial charge in [0.15, 0.2) is 18.3 Å². The molecule has 88 valence electrons. The van der Waals surface area contributed by atoms with Gasteiger partial charge in [0.2, 0.25) is 0 Å². The Bertz CT molecular complexity index is 372. The average molecular weight is 366 g/mol. The maximum atomic E-state index is 9.16. The smallest absolute Gasteiger partial charge is 0.761 e. The van der Waals surface area contributed by atoms with E-state index in [4.69, 9.17) is 43.5 Å². The molecule has 0 spiro atoms. The summed E-state index contributed by atoms with van der Waals surface area (Å²) >= 11 is 0. The minimum atomic E-state index is -5.07. The Morgan fingerprint density at radius 3 is 0.750 bits per heavy atom. The second-order valence-corrected chi connectivity index (χ2v) is 7.76. The number of hydrogen-bond acceptors (Lipinski definition) is 10. The molecule has 0 rings (SSSR count). The van der Waals surface area contributed by atoms with Crippen LogP contribution in [0.15, 0.2) is 0 Å². The van der Waals surface area contributed by atoms with Gasteiger partial charge in [-0.1, -0.05) is 0 Å². The Morgan fingerprint density at radius 2 is 0.750 bits per heavy atom. The molecule has 16 heteroatoms. The average Bonchev–Trinajstić information content (AvgIpc) is 1.83. The van der Waals surface area contributed by atoms with E-state index in [-0.39, 0.29) is 103 Å². The van der Waals surface area contributed by atoms with E-state index in [1.807, 2.05) is 0 Å². The third-order valence-corrected chi connectivity index (χ3v) is 3.00. The van der Waals surface area contributed by atoms with Gasteiger partial charge in [0.05, 0.1) is 20.2 Å². The Labute approximate surface area is 180 Å². The molecule has 0 saturated carbocycles. The van der Waals surface area contributed by atoms with Crippen LogP contribution < -0.4 is 103 Å². The molecule has 2 atom stereocenters. The van der Waals surface area contributed by atoms with Crippen LogP contribution >= 0.6 is 0 Å². The molecule has 0 aromatic carbocycles.